The van der Waals surface area contributed by atoms with Crippen molar-refractivity contribution >= 4 is 29.3 Å². The molecular weight excluding hydrogens is 420 g/mol. The molecule has 1 unspecified atom stereocenters. The number of nitrogens with zero attached hydrogens (tertiary/aromatic N) is 3. The van der Waals surface area contributed by atoms with Gasteiger partial charge in [-0.25, -0.2) is 9.48 Å². The molecule has 0 aliphatic rings. The fourth-order valence-electron chi connectivity index (χ4n) is 2.72. The zero-order valence-corrected chi connectivity index (χ0v) is 17.6. The van der Waals surface area contributed by atoms with E-state index in [2.05, 4.69) is 10.4 Å². The SMILES string of the molecule is Cc1cc(Cl)ccc1OC(C)C(=O)OCC(=O)Nc1c(C#N)cnn1-c1ccccc1. The number of hydrogen-bond donors (Lipinski definition) is 1. The van der Waals surface area contributed by atoms with Gasteiger partial charge in [0.2, 0.25) is 0 Å². The van der Waals surface area contributed by atoms with Crippen LogP contribution in [0.1, 0.15) is 18.1 Å². The van der Waals surface area contributed by atoms with Crippen molar-refractivity contribution in [2.45, 2.75) is 20.0 Å². The van der Waals surface area contributed by atoms with E-state index in [-0.39, 0.29) is 11.4 Å². The average Bonchev–Trinajstić information content (AvgIpc) is 3.16. The maximum absolute atomic E-state index is 12.3. The Morgan fingerprint density at radius 3 is 2.68 bits per heavy atom. The van der Waals surface area contributed by atoms with Gasteiger partial charge in [0.05, 0.1) is 11.9 Å². The summed E-state index contributed by atoms with van der Waals surface area (Å²) in [6, 6.07) is 16.0. The van der Waals surface area contributed by atoms with Gasteiger partial charge in [0, 0.05) is 5.02 Å². The Morgan fingerprint density at radius 2 is 2.00 bits per heavy atom. The predicted molar refractivity (Wildman–Crippen MR) is 114 cm³/mol. The molecule has 158 valence electrons. The molecule has 9 heteroatoms. The number of amides is 1. The Kier molecular flexibility index (Phi) is 6.90. The van der Waals surface area contributed by atoms with E-state index in [1.807, 2.05) is 12.1 Å². The number of para-hydroxylation sites is 1. The fraction of sp³-hybridized carbons (Fsp3) is 0.182. The maximum Gasteiger partial charge on any atom is 0.347 e. The Bertz CT molecular complexity index is 1140. The number of halogens is 1. The van der Waals surface area contributed by atoms with Gasteiger partial charge in [0.25, 0.3) is 5.91 Å². The third-order valence-corrected chi connectivity index (χ3v) is 4.50. The molecule has 0 saturated heterocycles. The van der Waals surface area contributed by atoms with E-state index in [4.69, 9.17) is 21.1 Å². The fourth-order valence-corrected chi connectivity index (χ4v) is 2.95. The minimum atomic E-state index is -0.933. The molecule has 0 fully saturated rings. The van der Waals surface area contributed by atoms with Gasteiger partial charge in [-0.1, -0.05) is 29.8 Å². The van der Waals surface area contributed by atoms with Gasteiger partial charge in [0.1, 0.15) is 17.4 Å². The lowest BCUT2D eigenvalue weighted by Gasteiger charge is -2.16. The zero-order chi connectivity index (χ0) is 22.4. The van der Waals surface area contributed by atoms with Crippen molar-refractivity contribution in [3.63, 3.8) is 0 Å². The smallest absolute Gasteiger partial charge is 0.347 e. The van der Waals surface area contributed by atoms with Gasteiger partial charge in [-0.2, -0.15) is 10.4 Å². The molecule has 8 nitrogen and oxygen atoms in total. The summed E-state index contributed by atoms with van der Waals surface area (Å²) in [5.41, 5.74) is 1.61. The molecule has 1 heterocycles. The summed E-state index contributed by atoms with van der Waals surface area (Å²) in [6.07, 6.45) is 0.413. The lowest BCUT2D eigenvalue weighted by molar-refractivity contribution is -0.153. The molecule has 0 aliphatic heterocycles. The monoisotopic (exact) mass is 438 g/mol. The van der Waals surface area contributed by atoms with E-state index >= 15 is 0 Å². The molecule has 1 aromatic heterocycles. The first-order valence-corrected chi connectivity index (χ1v) is 9.69. The summed E-state index contributed by atoms with van der Waals surface area (Å²) in [5.74, 6) is -0.640. The molecule has 1 amide bonds. The van der Waals surface area contributed by atoms with Crippen LogP contribution in [0.25, 0.3) is 5.69 Å². The van der Waals surface area contributed by atoms with Crippen molar-refractivity contribution in [3.05, 3.63) is 70.9 Å². The molecule has 1 atom stereocenters. The van der Waals surface area contributed by atoms with Crippen molar-refractivity contribution in [1.29, 1.82) is 5.26 Å². The van der Waals surface area contributed by atoms with Crippen LogP contribution in [0.15, 0.2) is 54.7 Å². The number of ether oxygens (including phenoxy) is 2. The molecular formula is C22H19ClN4O4. The summed E-state index contributed by atoms with van der Waals surface area (Å²) < 4.78 is 12.1. The molecule has 3 aromatic rings. The highest BCUT2D eigenvalue weighted by molar-refractivity contribution is 6.30. The number of nitriles is 1. The second kappa shape index (κ2) is 9.78. The van der Waals surface area contributed by atoms with Gasteiger partial charge < -0.3 is 14.8 Å². The van der Waals surface area contributed by atoms with E-state index in [1.54, 1.807) is 49.4 Å². The normalized spacial score (nSPS) is 11.3. The third-order valence-electron chi connectivity index (χ3n) is 4.27. The summed E-state index contributed by atoms with van der Waals surface area (Å²) in [7, 11) is 0. The number of rotatable bonds is 7. The zero-order valence-electron chi connectivity index (χ0n) is 16.8. The number of carbonyl (C=O) groups is 2. The summed E-state index contributed by atoms with van der Waals surface area (Å²) in [5, 5.41) is 16.6. The second-order valence-electron chi connectivity index (χ2n) is 6.59. The number of hydrogen-bond acceptors (Lipinski definition) is 6. The van der Waals surface area contributed by atoms with E-state index in [9.17, 15) is 14.9 Å². The Balaban J connectivity index is 1.61. The molecule has 2 aromatic carbocycles. The highest BCUT2D eigenvalue weighted by Gasteiger charge is 2.20. The summed E-state index contributed by atoms with van der Waals surface area (Å²) >= 11 is 5.91. The number of benzene rings is 2. The van der Waals surface area contributed by atoms with E-state index in [0.717, 1.165) is 5.56 Å². The van der Waals surface area contributed by atoms with Crippen LogP contribution in [0.2, 0.25) is 5.02 Å². The number of anilines is 1. The van der Waals surface area contributed by atoms with Crippen LogP contribution in [-0.4, -0.2) is 34.4 Å². The first kappa shape index (κ1) is 21.9. The number of esters is 1. The van der Waals surface area contributed by atoms with Crippen molar-refractivity contribution in [1.82, 2.24) is 9.78 Å². The van der Waals surface area contributed by atoms with Gasteiger partial charge in [-0.05, 0) is 49.7 Å². The predicted octanol–water partition coefficient (Wildman–Crippen LogP) is 3.66. The molecule has 3 rings (SSSR count). The number of aromatic nitrogens is 2. The van der Waals surface area contributed by atoms with Gasteiger partial charge in [0.15, 0.2) is 18.5 Å². The molecule has 31 heavy (non-hydrogen) atoms. The molecule has 0 saturated carbocycles. The van der Waals surface area contributed by atoms with Crippen LogP contribution in [0.3, 0.4) is 0 Å². The van der Waals surface area contributed by atoms with E-state index < -0.39 is 24.6 Å². The molecule has 1 N–H and O–H groups in total. The average molecular weight is 439 g/mol. The van der Waals surface area contributed by atoms with Crippen LogP contribution in [0, 0.1) is 18.3 Å². The van der Waals surface area contributed by atoms with Crippen LogP contribution < -0.4 is 10.1 Å². The van der Waals surface area contributed by atoms with E-state index in [1.165, 1.54) is 17.8 Å². The Hall–Kier alpha value is -3.83. The molecule has 0 spiro atoms. The lowest BCUT2D eigenvalue weighted by Crippen LogP contribution is -2.30. The molecule has 0 bridgehead atoms. The topological polar surface area (TPSA) is 106 Å². The minimum Gasteiger partial charge on any atom is -0.479 e. The van der Waals surface area contributed by atoms with Gasteiger partial charge in [-0.3, -0.25) is 4.79 Å². The first-order chi connectivity index (χ1) is 14.9. The summed E-state index contributed by atoms with van der Waals surface area (Å²) in [6.45, 7) is 2.78. The van der Waals surface area contributed by atoms with Crippen LogP contribution >= 0.6 is 11.6 Å². The van der Waals surface area contributed by atoms with Crippen LogP contribution in [0.5, 0.6) is 5.75 Å². The van der Waals surface area contributed by atoms with E-state index in [0.29, 0.717) is 16.5 Å². The summed E-state index contributed by atoms with van der Waals surface area (Å²) in [4.78, 5) is 24.6. The Morgan fingerprint density at radius 1 is 1.26 bits per heavy atom. The van der Waals surface area contributed by atoms with Crippen molar-refractivity contribution in [3.8, 4) is 17.5 Å². The largest absolute Gasteiger partial charge is 0.479 e. The highest BCUT2D eigenvalue weighted by atomic mass is 35.5. The molecule has 0 aliphatic carbocycles. The highest BCUT2D eigenvalue weighted by Crippen LogP contribution is 2.23. The van der Waals surface area contributed by atoms with Crippen molar-refractivity contribution in [2.24, 2.45) is 0 Å². The van der Waals surface area contributed by atoms with Crippen molar-refractivity contribution in [2.75, 3.05) is 11.9 Å². The van der Waals surface area contributed by atoms with Crippen LogP contribution in [0.4, 0.5) is 5.82 Å². The first-order valence-electron chi connectivity index (χ1n) is 9.32. The molecule has 0 radical (unpaired) electrons. The standard InChI is InChI=1S/C22H19ClN4O4/c1-14-10-17(23)8-9-19(14)31-15(2)22(29)30-13-20(28)26-21-16(11-24)12-25-27(21)18-6-4-3-5-7-18/h3-10,12,15H,13H2,1-2H3,(H,26,28). The lowest BCUT2D eigenvalue weighted by atomic mass is 10.2. The van der Waals surface area contributed by atoms with Gasteiger partial charge >= 0.3 is 5.97 Å². The number of carbonyl (C=O) groups excluding carboxylic acids is 2. The number of aryl methyl sites for hydroxylation is 1. The Labute approximate surface area is 184 Å². The van der Waals surface area contributed by atoms with Gasteiger partial charge in [-0.15, -0.1) is 0 Å². The number of nitrogens with one attached hydrogen (secondary N) is 1. The van der Waals surface area contributed by atoms with Crippen LogP contribution in [-0.2, 0) is 14.3 Å². The quantitative estimate of drug-likeness (QED) is 0.564. The minimum absolute atomic E-state index is 0.179. The second-order valence-corrected chi connectivity index (χ2v) is 7.03. The van der Waals surface area contributed by atoms with Crippen molar-refractivity contribution < 1.29 is 19.1 Å². The maximum atomic E-state index is 12.3. The third kappa shape index (κ3) is 5.41.